The van der Waals surface area contributed by atoms with Crippen LogP contribution < -0.4 is 25.4 Å². The molecule has 1 aliphatic heterocycles. The van der Waals surface area contributed by atoms with Crippen molar-refractivity contribution in [2.75, 3.05) is 17.4 Å². The highest BCUT2D eigenvalue weighted by atomic mass is 35.5. The molecular formula is C32H25Cl2N3O5S. The lowest BCUT2D eigenvalue weighted by molar-refractivity contribution is -0.115. The van der Waals surface area contributed by atoms with Gasteiger partial charge in [-0.2, -0.15) is 0 Å². The molecule has 43 heavy (non-hydrogen) atoms. The molecule has 1 unspecified atom stereocenters. The van der Waals surface area contributed by atoms with Crippen molar-refractivity contribution in [3.05, 3.63) is 118 Å². The summed E-state index contributed by atoms with van der Waals surface area (Å²) in [5.74, 6) is -0.0338. The Kier molecular flexibility index (Phi) is 9.56. The molecule has 8 nitrogen and oxygen atoms in total. The maximum absolute atomic E-state index is 13.4. The van der Waals surface area contributed by atoms with Gasteiger partial charge in [-0.3, -0.25) is 14.4 Å². The van der Waals surface area contributed by atoms with E-state index in [2.05, 4.69) is 16.0 Å². The second-order valence-corrected chi connectivity index (χ2v) is 11.5. The van der Waals surface area contributed by atoms with Gasteiger partial charge < -0.3 is 25.4 Å². The van der Waals surface area contributed by atoms with Crippen molar-refractivity contribution in [2.45, 2.75) is 17.1 Å². The molecule has 1 atom stereocenters. The van der Waals surface area contributed by atoms with E-state index in [9.17, 15) is 14.4 Å². The average molecular weight is 635 g/mol. The summed E-state index contributed by atoms with van der Waals surface area (Å²) in [4.78, 5) is 40.0. The molecule has 11 heteroatoms. The molecule has 0 aromatic heterocycles. The monoisotopic (exact) mass is 633 g/mol. The number of ether oxygens (including phenoxy) is 2. The Hall–Kier alpha value is -4.44. The van der Waals surface area contributed by atoms with E-state index in [1.54, 1.807) is 91.9 Å². The van der Waals surface area contributed by atoms with Crippen LogP contribution in [0.4, 0.5) is 11.4 Å². The van der Waals surface area contributed by atoms with Crippen LogP contribution in [0.25, 0.3) is 6.08 Å². The van der Waals surface area contributed by atoms with Crippen molar-refractivity contribution in [1.29, 1.82) is 0 Å². The predicted molar refractivity (Wildman–Crippen MR) is 170 cm³/mol. The Morgan fingerprint density at radius 1 is 0.837 bits per heavy atom. The van der Waals surface area contributed by atoms with Crippen molar-refractivity contribution >= 4 is 70.1 Å². The van der Waals surface area contributed by atoms with Gasteiger partial charge in [0.05, 0.1) is 15.3 Å². The quantitative estimate of drug-likeness (QED) is 0.132. The fourth-order valence-electron chi connectivity index (χ4n) is 4.05. The van der Waals surface area contributed by atoms with E-state index >= 15 is 0 Å². The van der Waals surface area contributed by atoms with Gasteiger partial charge in [0.1, 0.15) is 5.70 Å². The van der Waals surface area contributed by atoms with E-state index in [1.807, 2.05) is 6.07 Å². The van der Waals surface area contributed by atoms with Crippen LogP contribution >= 0.6 is 35.0 Å². The second kappa shape index (κ2) is 13.7. The number of anilines is 2. The number of fused-ring (bicyclic) bond motifs is 1. The van der Waals surface area contributed by atoms with Crippen molar-refractivity contribution in [2.24, 2.45) is 0 Å². The Balaban J connectivity index is 1.29. The topological polar surface area (TPSA) is 106 Å². The normalized spacial score (nSPS) is 12.8. The summed E-state index contributed by atoms with van der Waals surface area (Å²) in [5.41, 5.74) is 1.87. The highest BCUT2D eigenvalue weighted by molar-refractivity contribution is 8.00. The van der Waals surface area contributed by atoms with Crippen molar-refractivity contribution in [1.82, 2.24) is 5.32 Å². The minimum absolute atomic E-state index is 0.0347. The minimum atomic E-state index is -0.573. The first-order valence-corrected chi connectivity index (χ1v) is 14.7. The van der Waals surface area contributed by atoms with E-state index in [0.717, 1.165) is 4.90 Å². The zero-order valence-electron chi connectivity index (χ0n) is 22.7. The number of carbonyl (C=O) groups is 3. The smallest absolute Gasteiger partial charge is 0.272 e. The molecular weight excluding hydrogens is 609 g/mol. The van der Waals surface area contributed by atoms with E-state index < -0.39 is 17.1 Å². The molecule has 0 spiro atoms. The Morgan fingerprint density at radius 2 is 1.58 bits per heavy atom. The maximum atomic E-state index is 13.4. The molecule has 218 valence electrons. The number of hydrogen-bond donors (Lipinski definition) is 3. The van der Waals surface area contributed by atoms with Gasteiger partial charge >= 0.3 is 0 Å². The third-order valence-corrected chi connectivity index (χ3v) is 8.15. The number of benzene rings is 4. The summed E-state index contributed by atoms with van der Waals surface area (Å²) in [6.07, 6.45) is 1.46. The van der Waals surface area contributed by atoms with Crippen LogP contribution in [0.5, 0.6) is 11.5 Å². The SMILES string of the molecule is CC(Sc1cccc(NC(=O)/C(=C\c2cccc(Cl)c2Cl)NC(=O)c2ccccc2)c1)C(=O)Nc1ccc2c(c1)OCO2. The van der Waals surface area contributed by atoms with Crippen LogP contribution in [0.1, 0.15) is 22.8 Å². The number of nitrogens with one attached hydrogen (secondary N) is 3. The van der Waals surface area contributed by atoms with Crippen molar-refractivity contribution in [3.8, 4) is 11.5 Å². The Bertz CT molecular complexity index is 1710. The Labute approximate surface area is 262 Å². The largest absolute Gasteiger partial charge is 0.454 e. The number of rotatable bonds is 9. The van der Waals surface area contributed by atoms with Gasteiger partial charge in [0.15, 0.2) is 11.5 Å². The first-order valence-electron chi connectivity index (χ1n) is 13.1. The van der Waals surface area contributed by atoms with Gasteiger partial charge in [-0.05, 0) is 67.1 Å². The molecule has 4 aromatic carbocycles. The van der Waals surface area contributed by atoms with Crippen LogP contribution in [0.3, 0.4) is 0 Å². The number of thioether (sulfide) groups is 1. The fraction of sp³-hybridized carbons (Fsp3) is 0.0938. The average Bonchev–Trinajstić information content (AvgIpc) is 3.47. The van der Waals surface area contributed by atoms with E-state index in [-0.39, 0.29) is 23.4 Å². The van der Waals surface area contributed by atoms with Crippen LogP contribution in [-0.2, 0) is 9.59 Å². The lowest BCUT2D eigenvalue weighted by Crippen LogP contribution is -2.30. The lowest BCUT2D eigenvalue weighted by atomic mass is 10.1. The van der Waals surface area contributed by atoms with Gasteiger partial charge in [0, 0.05) is 27.9 Å². The van der Waals surface area contributed by atoms with Gasteiger partial charge in [-0.15, -0.1) is 11.8 Å². The van der Waals surface area contributed by atoms with Crippen molar-refractivity contribution in [3.63, 3.8) is 0 Å². The molecule has 5 rings (SSSR count). The maximum Gasteiger partial charge on any atom is 0.272 e. The summed E-state index contributed by atoms with van der Waals surface area (Å²) in [6, 6.07) is 25.8. The summed E-state index contributed by atoms with van der Waals surface area (Å²) < 4.78 is 10.7. The fourth-order valence-corrected chi connectivity index (χ4v) is 5.34. The van der Waals surface area contributed by atoms with E-state index in [4.69, 9.17) is 32.7 Å². The summed E-state index contributed by atoms with van der Waals surface area (Å²) in [6.45, 7) is 1.93. The van der Waals surface area contributed by atoms with Crippen molar-refractivity contribution < 1.29 is 23.9 Å². The third-order valence-electron chi connectivity index (χ3n) is 6.22. The predicted octanol–water partition coefficient (Wildman–Crippen LogP) is 7.25. The van der Waals surface area contributed by atoms with Crippen LogP contribution in [-0.4, -0.2) is 29.8 Å². The highest BCUT2D eigenvalue weighted by Gasteiger charge is 2.19. The van der Waals surface area contributed by atoms with Crippen LogP contribution in [0, 0.1) is 0 Å². The number of amides is 3. The van der Waals surface area contributed by atoms with Crippen LogP contribution in [0.2, 0.25) is 10.0 Å². The van der Waals surface area contributed by atoms with Gasteiger partial charge in [0.25, 0.3) is 11.8 Å². The van der Waals surface area contributed by atoms with E-state index in [0.29, 0.717) is 39.0 Å². The second-order valence-electron chi connectivity index (χ2n) is 9.32. The molecule has 0 saturated heterocycles. The molecule has 0 radical (unpaired) electrons. The third kappa shape index (κ3) is 7.70. The van der Waals surface area contributed by atoms with Crippen LogP contribution in [0.15, 0.2) is 102 Å². The number of halogens is 2. The molecule has 0 saturated carbocycles. The molecule has 3 N–H and O–H groups in total. The summed E-state index contributed by atoms with van der Waals surface area (Å²) >= 11 is 13.8. The van der Waals surface area contributed by atoms with Gasteiger partial charge in [0.2, 0.25) is 12.7 Å². The molecule has 1 aliphatic rings. The van der Waals surface area contributed by atoms with E-state index in [1.165, 1.54) is 17.8 Å². The molecule has 0 fully saturated rings. The molecule has 0 aliphatic carbocycles. The molecule has 0 bridgehead atoms. The molecule has 4 aromatic rings. The number of carbonyl (C=O) groups excluding carboxylic acids is 3. The lowest BCUT2D eigenvalue weighted by Gasteiger charge is -2.14. The Morgan fingerprint density at radius 3 is 2.40 bits per heavy atom. The van der Waals surface area contributed by atoms with Gasteiger partial charge in [-0.25, -0.2) is 0 Å². The standard InChI is InChI=1S/C32H25Cl2N3O5S/c1-19(30(38)35-23-13-14-27-28(17-23)42-18-41-27)43-24-11-6-10-22(16-24)36-32(40)26(15-21-9-5-12-25(33)29(21)34)37-31(39)20-7-3-2-4-8-20/h2-17,19H,18H2,1H3,(H,35,38)(H,36,40)(H,37,39)/b26-15+. The minimum Gasteiger partial charge on any atom is -0.454 e. The van der Waals surface area contributed by atoms with Gasteiger partial charge in [-0.1, -0.05) is 59.6 Å². The summed E-state index contributed by atoms with van der Waals surface area (Å²) in [5, 5.41) is 8.49. The molecule has 3 amide bonds. The first-order chi connectivity index (χ1) is 20.8. The highest BCUT2D eigenvalue weighted by Crippen LogP contribution is 2.35. The molecule has 1 heterocycles. The number of hydrogen-bond acceptors (Lipinski definition) is 6. The zero-order chi connectivity index (χ0) is 30.3. The summed E-state index contributed by atoms with van der Waals surface area (Å²) in [7, 11) is 0. The zero-order valence-corrected chi connectivity index (χ0v) is 25.1. The first kappa shape index (κ1) is 30.0.